The minimum atomic E-state index is -4.78. The number of nitrogens with zero attached hydrogens (tertiary/aromatic N) is 3. The highest BCUT2D eigenvalue weighted by molar-refractivity contribution is 6.05. The molecule has 1 unspecified atom stereocenters. The summed E-state index contributed by atoms with van der Waals surface area (Å²) in [6.45, 7) is 4.10. The largest absolute Gasteiger partial charge is 0.573 e. The van der Waals surface area contributed by atoms with Gasteiger partial charge < -0.3 is 20.7 Å². The molecule has 7 nitrogen and oxygen atoms in total. The summed E-state index contributed by atoms with van der Waals surface area (Å²) in [5.74, 6) is 0.336. The SMILES string of the molecule is Cc1ccc(-c2cc(C(=O)Nc3ccc(OC(F)(F)F)cc3)cnc2N2CCC(CN)C2)cn1. The normalized spacial score (nSPS) is 15.9. The van der Waals surface area contributed by atoms with Gasteiger partial charge in [-0.2, -0.15) is 0 Å². The minimum Gasteiger partial charge on any atom is -0.406 e. The molecule has 178 valence electrons. The molecule has 1 saturated heterocycles. The fraction of sp³-hybridized carbons (Fsp3) is 0.292. The average Bonchev–Trinajstić information content (AvgIpc) is 3.29. The molecule has 34 heavy (non-hydrogen) atoms. The lowest BCUT2D eigenvalue weighted by molar-refractivity contribution is -0.274. The summed E-state index contributed by atoms with van der Waals surface area (Å²) in [6, 6.07) is 10.5. The number of carbonyl (C=O) groups excluding carboxylic acids is 1. The summed E-state index contributed by atoms with van der Waals surface area (Å²) in [5.41, 5.74) is 8.95. The molecular formula is C24H24F3N5O2. The van der Waals surface area contributed by atoms with Crippen molar-refractivity contribution in [3.63, 3.8) is 0 Å². The number of amides is 1. The van der Waals surface area contributed by atoms with Crippen LogP contribution in [0.4, 0.5) is 24.7 Å². The maximum Gasteiger partial charge on any atom is 0.573 e. The molecule has 1 fully saturated rings. The molecule has 1 aliphatic rings. The van der Waals surface area contributed by atoms with E-state index in [-0.39, 0.29) is 5.75 Å². The number of pyridine rings is 2. The third-order valence-corrected chi connectivity index (χ3v) is 5.62. The quantitative estimate of drug-likeness (QED) is 0.554. The number of ether oxygens (including phenoxy) is 1. The van der Waals surface area contributed by atoms with Crippen LogP contribution in [0.15, 0.2) is 54.9 Å². The zero-order valence-electron chi connectivity index (χ0n) is 18.5. The molecule has 1 amide bonds. The van der Waals surface area contributed by atoms with E-state index in [1.165, 1.54) is 18.3 Å². The van der Waals surface area contributed by atoms with Gasteiger partial charge in [-0.3, -0.25) is 9.78 Å². The second kappa shape index (κ2) is 9.68. The van der Waals surface area contributed by atoms with Crippen LogP contribution < -0.4 is 20.7 Å². The first-order valence-electron chi connectivity index (χ1n) is 10.8. The number of benzene rings is 1. The van der Waals surface area contributed by atoms with Crippen LogP contribution >= 0.6 is 0 Å². The van der Waals surface area contributed by atoms with Gasteiger partial charge in [-0.25, -0.2) is 4.98 Å². The van der Waals surface area contributed by atoms with E-state index in [0.717, 1.165) is 54.3 Å². The van der Waals surface area contributed by atoms with E-state index in [1.807, 2.05) is 19.1 Å². The molecule has 10 heteroatoms. The highest BCUT2D eigenvalue weighted by atomic mass is 19.4. The van der Waals surface area contributed by atoms with Crippen LogP contribution in [0.3, 0.4) is 0 Å². The summed E-state index contributed by atoms with van der Waals surface area (Å²) < 4.78 is 40.9. The van der Waals surface area contributed by atoms with Crippen LogP contribution in [0, 0.1) is 12.8 Å². The van der Waals surface area contributed by atoms with Gasteiger partial charge in [0.15, 0.2) is 0 Å². The number of aromatic nitrogens is 2. The van der Waals surface area contributed by atoms with Crippen molar-refractivity contribution in [2.45, 2.75) is 19.7 Å². The molecular weight excluding hydrogens is 447 g/mol. The number of alkyl halides is 3. The van der Waals surface area contributed by atoms with Crippen molar-refractivity contribution in [1.82, 2.24) is 9.97 Å². The van der Waals surface area contributed by atoms with Crippen LogP contribution in [0.5, 0.6) is 5.75 Å². The number of hydrogen-bond acceptors (Lipinski definition) is 6. The minimum absolute atomic E-state index is 0.310. The lowest BCUT2D eigenvalue weighted by Gasteiger charge is -2.21. The Balaban J connectivity index is 1.59. The van der Waals surface area contributed by atoms with Gasteiger partial charge >= 0.3 is 6.36 Å². The summed E-state index contributed by atoms with van der Waals surface area (Å²) in [5, 5.41) is 2.68. The summed E-state index contributed by atoms with van der Waals surface area (Å²) in [7, 11) is 0. The van der Waals surface area contributed by atoms with Crippen molar-refractivity contribution in [2.75, 3.05) is 29.9 Å². The fourth-order valence-corrected chi connectivity index (χ4v) is 3.83. The van der Waals surface area contributed by atoms with E-state index in [4.69, 9.17) is 5.73 Å². The Morgan fingerprint density at radius 2 is 1.94 bits per heavy atom. The summed E-state index contributed by atoms with van der Waals surface area (Å²) in [6.07, 6.45) is -0.570. The number of rotatable bonds is 6. The Kier molecular flexibility index (Phi) is 6.69. The summed E-state index contributed by atoms with van der Waals surface area (Å²) >= 11 is 0. The van der Waals surface area contributed by atoms with E-state index in [1.54, 1.807) is 12.3 Å². The lowest BCUT2D eigenvalue weighted by Crippen LogP contribution is -2.24. The van der Waals surface area contributed by atoms with Gasteiger partial charge in [0.05, 0.1) is 5.56 Å². The molecule has 2 aromatic heterocycles. The lowest BCUT2D eigenvalue weighted by atomic mass is 10.0. The van der Waals surface area contributed by atoms with Crippen LogP contribution in [0.2, 0.25) is 0 Å². The van der Waals surface area contributed by atoms with Crippen LogP contribution in [0.25, 0.3) is 11.1 Å². The predicted octanol–water partition coefficient (Wildman–Crippen LogP) is 4.39. The molecule has 1 aromatic carbocycles. The van der Waals surface area contributed by atoms with E-state index in [0.29, 0.717) is 23.7 Å². The third kappa shape index (κ3) is 5.63. The second-order valence-electron chi connectivity index (χ2n) is 8.15. The van der Waals surface area contributed by atoms with Crippen LogP contribution in [-0.2, 0) is 0 Å². The predicted molar refractivity (Wildman–Crippen MR) is 123 cm³/mol. The van der Waals surface area contributed by atoms with E-state index in [2.05, 4.69) is 24.9 Å². The second-order valence-corrected chi connectivity index (χ2v) is 8.15. The number of halogens is 3. The number of carbonyl (C=O) groups is 1. The zero-order valence-corrected chi connectivity index (χ0v) is 18.5. The fourth-order valence-electron chi connectivity index (χ4n) is 3.83. The maximum absolute atomic E-state index is 12.9. The van der Waals surface area contributed by atoms with Gasteiger partial charge in [-0.05, 0) is 62.2 Å². The van der Waals surface area contributed by atoms with Crippen molar-refractivity contribution in [3.05, 3.63) is 66.1 Å². The van der Waals surface area contributed by atoms with Crippen molar-refractivity contribution < 1.29 is 22.7 Å². The first-order chi connectivity index (χ1) is 16.2. The zero-order chi connectivity index (χ0) is 24.3. The third-order valence-electron chi connectivity index (χ3n) is 5.62. The smallest absolute Gasteiger partial charge is 0.406 e. The van der Waals surface area contributed by atoms with Crippen molar-refractivity contribution in [2.24, 2.45) is 11.7 Å². The maximum atomic E-state index is 12.9. The Labute approximate surface area is 194 Å². The molecule has 3 N–H and O–H groups in total. The van der Waals surface area contributed by atoms with Gasteiger partial charge in [-0.15, -0.1) is 13.2 Å². The number of aryl methyl sites for hydroxylation is 1. The molecule has 0 aliphatic carbocycles. The van der Waals surface area contributed by atoms with Crippen molar-refractivity contribution >= 4 is 17.4 Å². The number of nitrogens with two attached hydrogens (primary N) is 1. The van der Waals surface area contributed by atoms with Gasteiger partial charge in [0.25, 0.3) is 5.91 Å². The first kappa shape index (κ1) is 23.5. The number of nitrogens with one attached hydrogen (secondary N) is 1. The Bertz CT molecular complexity index is 1150. The van der Waals surface area contributed by atoms with E-state index < -0.39 is 12.3 Å². The van der Waals surface area contributed by atoms with Crippen molar-refractivity contribution in [1.29, 1.82) is 0 Å². The molecule has 3 aromatic rings. The van der Waals surface area contributed by atoms with Crippen molar-refractivity contribution in [3.8, 4) is 16.9 Å². The Hall–Kier alpha value is -3.66. The standard InChI is InChI=1S/C24H24F3N5O2/c1-15-2-3-17(12-29-15)21-10-18(13-30-22(21)32-9-8-16(11-28)14-32)23(33)31-19-4-6-20(7-5-19)34-24(25,26)27/h2-7,10,12-13,16H,8-9,11,14,28H2,1H3,(H,31,33). The molecule has 1 aliphatic heterocycles. The first-order valence-corrected chi connectivity index (χ1v) is 10.8. The monoisotopic (exact) mass is 471 g/mol. The van der Waals surface area contributed by atoms with Gasteiger partial charge in [0.1, 0.15) is 11.6 Å². The highest BCUT2D eigenvalue weighted by Gasteiger charge is 2.31. The van der Waals surface area contributed by atoms with Gasteiger partial charge in [-0.1, -0.05) is 6.07 Å². The van der Waals surface area contributed by atoms with Crippen LogP contribution in [-0.4, -0.2) is 41.9 Å². The molecule has 1 atom stereocenters. The van der Waals surface area contributed by atoms with Gasteiger partial charge in [0.2, 0.25) is 0 Å². The van der Waals surface area contributed by atoms with E-state index in [9.17, 15) is 18.0 Å². The molecule has 4 rings (SSSR count). The number of hydrogen-bond donors (Lipinski definition) is 2. The molecule has 0 spiro atoms. The summed E-state index contributed by atoms with van der Waals surface area (Å²) in [4.78, 5) is 24.0. The van der Waals surface area contributed by atoms with Crippen LogP contribution in [0.1, 0.15) is 22.5 Å². The topological polar surface area (TPSA) is 93.4 Å². The molecule has 3 heterocycles. The Morgan fingerprint density at radius 3 is 2.56 bits per heavy atom. The highest BCUT2D eigenvalue weighted by Crippen LogP contribution is 2.33. The molecule has 0 radical (unpaired) electrons. The molecule has 0 saturated carbocycles. The Morgan fingerprint density at radius 1 is 1.18 bits per heavy atom. The van der Waals surface area contributed by atoms with Gasteiger partial charge in [0, 0.05) is 48.0 Å². The van der Waals surface area contributed by atoms with E-state index >= 15 is 0 Å². The molecule has 0 bridgehead atoms. The number of anilines is 2. The average molecular weight is 471 g/mol.